The molecule has 2 amide bonds. The zero-order valence-corrected chi connectivity index (χ0v) is 35.1. The Morgan fingerprint density at radius 2 is 1.33 bits per heavy atom. The van der Waals surface area contributed by atoms with Crippen LogP contribution in [0.25, 0.3) is 0 Å². The Hall–Kier alpha value is -2.43. The van der Waals surface area contributed by atoms with Crippen LogP contribution in [0.4, 0.5) is 5.69 Å². The molecule has 2 atom stereocenters. The summed E-state index contributed by atoms with van der Waals surface area (Å²) < 4.78 is 32.4. The number of hydrogen-bond donors (Lipinski definition) is 0. The molecule has 0 radical (unpaired) electrons. The number of carbonyl (C=O) groups excluding carboxylic acids is 2. The van der Waals surface area contributed by atoms with Crippen LogP contribution < -0.4 is 9.64 Å². The normalized spacial score (nSPS) is 20.9. The second-order valence-electron chi connectivity index (χ2n) is 17.6. The fourth-order valence-corrected chi connectivity index (χ4v) is 9.51. The minimum absolute atomic E-state index is 0.158. The highest BCUT2D eigenvalue weighted by atomic mass is 32.2. The molecule has 2 unspecified atom stereocenters. The van der Waals surface area contributed by atoms with Gasteiger partial charge in [0.1, 0.15) is 9.96 Å². The molecule has 0 saturated carbocycles. The van der Waals surface area contributed by atoms with E-state index >= 15 is 0 Å². The number of piperidine rings is 1. The van der Waals surface area contributed by atoms with Crippen LogP contribution in [0.2, 0.25) is 0 Å². The van der Waals surface area contributed by atoms with E-state index in [9.17, 15) is 18.0 Å². The van der Waals surface area contributed by atoms with E-state index in [4.69, 9.17) is 4.74 Å². The summed E-state index contributed by atoms with van der Waals surface area (Å²) in [6.07, 6.45) is 5.63. The Labute approximate surface area is 314 Å². The number of anilines is 1. The van der Waals surface area contributed by atoms with Crippen LogP contribution in [0.15, 0.2) is 46.0 Å². The number of rotatable bonds is 8. The van der Waals surface area contributed by atoms with Crippen LogP contribution in [-0.4, -0.2) is 68.8 Å². The van der Waals surface area contributed by atoms with E-state index in [-0.39, 0.29) is 22.2 Å². The van der Waals surface area contributed by atoms with Crippen LogP contribution in [-0.2, 0) is 19.6 Å². The van der Waals surface area contributed by atoms with Gasteiger partial charge in [-0.1, -0.05) is 93.9 Å². The molecule has 3 saturated heterocycles. The minimum Gasteiger partial charge on any atom is -0.492 e. The highest BCUT2D eigenvalue weighted by molar-refractivity contribution is 7.91. The molecule has 2 aromatic rings. The number of sulfonamides is 1. The quantitative estimate of drug-likeness (QED) is 0.269. The van der Waals surface area contributed by atoms with Crippen LogP contribution in [0.3, 0.4) is 0 Å². The zero-order chi connectivity index (χ0) is 38.2. The van der Waals surface area contributed by atoms with E-state index < -0.39 is 10.0 Å². The first kappa shape index (κ1) is 43.0. The van der Waals surface area contributed by atoms with Gasteiger partial charge in [-0.05, 0) is 83.8 Å². The van der Waals surface area contributed by atoms with Gasteiger partial charge in [0.05, 0.1) is 12.3 Å². The lowest BCUT2D eigenvalue weighted by molar-refractivity contribution is -0.127. The highest BCUT2D eigenvalue weighted by Crippen LogP contribution is 2.40. The molecule has 0 bridgehead atoms. The maximum atomic E-state index is 12.3. The predicted molar refractivity (Wildman–Crippen MR) is 212 cm³/mol. The van der Waals surface area contributed by atoms with Gasteiger partial charge in [-0.25, -0.2) is 8.42 Å². The highest BCUT2D eigenvalue weighted by Gasteiger charge is 2.39. The van der Waals surface area contributed by atoms with E-state index in [0.29, 0.717) is 54.0 Å². The van der Waals surface area contributed by atoms with E-state index in [2.05, 4.69) is 69.2 Å². The van der Waals surface area contributed by atoms with Crippen molar-refractivity contribution in [2.24, 2.45) is 34.0 Å². The fraction of sp³-hybridized carbons (Fsp3) is 0.707. The molecule has 1 aromatic heterocycles. The van der Waals surface area contributed by atoms with E-state index in [1.165, 1.54) is 17.8 Å². The van der Waals surface area contributed by atoms with Crippen molar-refractivity contribution in [3.05, 3.63) is 41.8 Å². The van der Waals surface area contributed by atoms with Crippen molar-refractivity contribution < 1.29 is 22.7 Å². The van der Waals surface area contributed by atoms with E-state index in [1.807, 2.05) is 46.4 Å². The van der Waals surface area contributed by atoms with Crippen molar-refractivity contribution in [3.63, 3.8) is 0 Å². The maximum Gasteiger partial charge on any atom is 0.252 e. The second-order valence-corrected chi connectivity index (χ2v) is 20.7. The Balaban J connectivity index is 0.000000209. The molecule has 51 heavy (non-hydrogen) atoms. The van der Waals surface area contributed by atoms with Crippen molar-refractivity contribution in [1.82, 2.24) is 9.21 Å². The van der Waals surface area contributed by atoms with Gasteiger partial charge in [-0.15, -0.1) is 11.3 Å². The molecule has 10 heteroatoms. The number of benzene rings is 1. The zero-order valence-electron chi connectivity index (χ0n) is 33.5. The van der Waals surface area contributed by atoms with Gasteiger partial charge in [0, 0.05) is 45.6 Å². The number of para-hydroxylation sites is 2. The first-order valence-electron chi connectivity index (χ1n) is 19.0. The molecule has 3 aliphatic heterocycles. The van der Waals surface area contributed by atoms with Crippen molar-refractivity contribution in [2.75, 3.05) is 44.2 Å². The third-order valence-corrected chi connectivity index (χ3v) is 14.1. The fourth-order valence-electron chi connectivity index (χ4n) is 6.90. The topological polar surface area (TPSA) is 87.2 Å². The molecule has 0 N–H and O–H groups in total. The molecule has 288 valence electrons. The van der Waals surface area contributed by atoms with Crippen molar-refractivity contribution in [1.29, 1.82) is 0 Å². The second kappa shape index (κ2) is 18.1. The molecule has 5 rings (SSSR count). The predicted octanol–water partition coefficient (Wildman–Crippen LogP) is 9.36. The Morgan fingerprint density at radius 1 is 0.765 bits per heavy atom. The van der Waals surface area contributed by atoms with Crippen LogP contribution in [0.1, 0.15) is 115 Å². The molecular formula is C41H67N3O5S2. The summed E-state index contributed by atoms with van der Waals surface area (Å²) >= 11 is 1.30. The summed E-state index contributed by atoms with van der Waals surface area (Å²) in [5, 5.41) is 1.81. The van der Waals surface area contributed by atoms with Crippen LogP contribution in [0, 0.1) is 34.0 Å². The monoisotopic (exact) mass is 745 g/mol. The lowest BCUT2D eigenvalue weighted by atomic mass is 9.76. The molecule has 0 spiro atoms. The molecule has 1 aromatic carbocycles. The van der Waals surface area contributed by atoms with Crippen molar-refractivity contribution in [3.8, 4) is 5.75 Å². The smallest absolute Gasteiger partial charge is 0.252 e. The van der Waals surface area contributed by atoms with Gasteiger partial charge in [0.2, 0.25) is 11.8 Å². The first-order chi connectivity index (χ1) is 23.7. The van der Waals surface area contributed by atoms with Gasteiger partial charge in [0.15, 0.2) is 0 Å². The van der Waals surface area contributed by atoms with Gasteiger partial charge < -0.3 is 14.5 Å². The number of thiophene rings is 1. The third-order valence-electron chi connectivity index (χ3n) is 10.8. The standard InChI is InChI=1S/C16H23NO2.C13H21NO2S2.C12H23NO/c1-5-19-14-9-7-6-8-13(14)17-11-12(10-15(17)18)16(2,3)4;1-13(2,3)11-6-8-14(9-7-11)18(15,16)12-5-4-10-17-12;1-5-6-7-13-9-10(8-11(13)14)12(2,3)4/h6-9,12H,5,10-11H2,1-4H3;4-5,10-11H,6-9H2,1-3H3;10H,5-9H2,1-4H3. The number of carbonyl (C=O) groups is 2. The lowest BCUT2D eigenvalue weighted by Gasteiger charge is -2.37. The number of likely N-dealkylation sites (tertiary alicyclic amines) is 1. The number of nitrogens with zero attached hydrogens (tertiary/aromatic N) is 3. The van der Waals surface area contributed by atoms with Crippen LogP contribution in [0.5, 0.6) is 5.75 Å². The van der Waals surface area contributed by atoms with E-state index in [1.54, 1.807) is 16.4 Å². The van der Waals surface area contributed by atoms with Crippen molar-refractivity contribution >= 4 is 38.9 Å². The molecular weight excluding hydrogens is 679 g/mol. The largest absolute Gasteiger partial charge is 0.492 e. The molecule has 3 aliphatic rings. The van der Waals surface area contributed by atoms with Gasteiger partial charge >= 0.3 is 0 Å². The number of ether oxygens (including phenoxy) is 1. The average Bonchev–Trinajstić information content (AvgIpc) is 3.81. The molecule has 3 fully saturated rings. The molecule has 8 nitrogen and oxygen atoms in total. The number of unbranched alkanes of at least 4 members (excludes halogenated alkanes) is 1. The summed E-state index contributed by atoms with van der Waals surface area (Å²) in [6, 6.07) is 11.3. The van der Waals surface area contributed by atoms with Gasteiger partial charge in [-0.2, -0.15) is 4.31 Å². The van der Waals surface area contributed by atoms with Gasteiger partial charge in [-0.3, -0.25) is 9.59 Å². The van der Waals surface area contributed by atoms with Gasteiger partial charge in [0.25, 0.3) is 10.0 Å². The average molecular weight is 746 g/mol. The Bertz CT molecular complexity index is 1490. The number of hydrogen-bond acceptors (Lipinski definition) is 6. The third kappa shape index (κ3) is 12.0. The van der Waals surface area contributed by atoms with Crippen LogP contribution >= 0.6 is 11.3 Å². The summed E-state index contributed by atoms with van der Waals surface area (Å²) in [7, 11) is -3.24. The number of amides is 2. The SMILES string of the molecule is CC(C)(C)C1CCN(S(=O)(=O)c2cccs2)CC1.CCCCN1CC(C(C)(C)C)CC1=O.CCOc1ccccc1N1CC(C(C)(C)C)CC1=O. The van der Waals surface area contributed by atoms with Crippen molar-refractivity contribution in [2.45, 2.75) is 119 Å². The summed E-state index contributed by atoms with van der Waals surface area (Å²) in [4.78, 5) is 27.8. The minimum atomic E-state index is -3.24. The maximum absolute atomic E-state index is 12.3. The summed E-state index contributed by atoms with van der Waals surface area (Å²) in [6.45, 7) is 28.8. The summed E-state index contributed by atoms with van der Waals surface area (Å²) in [5.74, 6) is 2.92. The lowest BCUT2D eigenvalue weighted by Crippen LogP contribution is -2.41. The summed E-state index contributed by atoms with van der Waals surface area (Å²) in [5.41, 5.74) is 1.61. The Kier molecular flexibility index (Phi) is 15.2. The van der Waals surface area contributed by atoms with E-state index in [0.717, 1.165) is 56.8 Å². The molecule has 4 heterocycles. The molecule has 0 aliphatic carbocycles. The first-order valence-corrected chi connectivity index (χ1v) is 21.4. The Morgan fingerprint density at radius 3 is 1.82 bits per heavy atom.